The molecule has 3 rings (SSSR count). The van der Waals surface area contributed by atoms with Crippen LogP contribution in [0.25, 0.3) is 0 Å². The summed E-state index contributed by atoms with van der Waals surface area (Å²) in [7, 11) is 0. The summed E-state index contributed by atoms with van der Waals surface area (Å²) in [5.74, 6) is 0.563. The zero-order valence-electron chi connectivity index (χ0n) is 16.8. The van der Waals surface area contributed by atoms with Crippen LogP contribution < -0.4 is 0 Å². The molecule has 0 spiro atoms. The first-order valence-electron chi connectivity index (χ1n) is 10.4. The molecular weight excluding hydrogens is 374 g/mol. The molecule has 0 saturated carbocycles. The zero-order valence-corrected chi connectivity index (χ0v) is 17.6. The molecule has 0 aromatic carbocycles. The summed E-state index contributed by atoms with van der Waals surface area (Å²) in [6.07, 6.45) is 7.26. The molecule has 0 N–H and O–H groups in total. The average molecular weight is 406 g/mol. The first-order chi connectivity index (χ1) is 13.7. The third kappa shape index (κ3) is 5.95. The van der Waals surface area contributed by atoms with Gasteiger partial charge < -0.3 is 14.5 Å². The van der Waals surface area contributed by atoms with E-state index >= 15 is 0 Å². The molecule has 1 atom stereocenters. The largest absolute Gasteiger partial charge is 0.466 e. The normalized spacial score (nSPS) is 20.8. The third-order valence-electron chi connectivity index (χ3n) is 5.42. The lowest BCUT2D eigenvalue weighted by atomic mass is 9.97. The highest BCUT2D eigenvalue weighted by Crippen LogP contribution is 2.21. The molecule has 3 heterocycles. The molecule has 7 heteroatoms. The maximum Gasteiger partial charge on any atom is 0.310 e. The second-order valence-electron chi connectivity index (χ2n) is 7.48. The number of nitrogens with zero attached hydrogens (tertiary/aromatic N) is 3. The van der Waals surface area contributed by atoms with Crippen molar-refractivity contribution in [1.29, 1.82) is 0 Å². The highest BCUT2D eigenvalue weighted by Gasteiger charge is 2.29. The lowest BCUT2D eigenvalue weighted by Crippen LogP contribution is -2.42. The zero-order chi connectivity index (χ0) is 19.8. The summed E-state index contributed by atoms with van der Waals surface area (Å²) >= 11 is 1.74. The van der Waals surface area contributed by atoms with Crippen LogP contribution in [-0.4, -0.2) is 71.7 Å². The molecule has 2 saturated heterocycles. The molecule has 2 aliphatic rings. The van der Waals surface area contributed by atoms with E-state index in [2.05, 4.69) is 9.88 Å². The number of likely N-dealkylation sites (tertiary alicyclic amines) is 2. The van der Waals surface area contributed by atoms with Gasteiger partial charge in [0.05, 0.1) is 23.1 Å². The van der Waals surface area contributed by atoms with E-state index in [4.69, 9.17) is 4.74 Å². The second-order valence-corrected chi connectivity index (χ2v) is 8.59. The van der Waals surface area contributed by atoms with Crippen LogP contribution in [-0.2, 0) is 9.53 Å². The predicted octanol–water partition coefficient (Wildman–Crippen LogP) is 3.07. The quantitative estimate of drug-likeness (QED) is 0.513. The number of thioether (sulfide) groups is 1. The van der Waals surface area contributed by atoms with E-state index in [1.54, 1.807) is 29.8 Å². The number of carbonyl (C=O) groups is 2. The predicted molar refractivity (Wildman–Crippen MR) is 111 cm³/mol. The van der Waals surface area contributed by atoms with Crippen LogP contribution >= 0.6 is 11.8 Å². The van der Waals surface area contributed by atoms with Crippen molar-refractivity contribution in [2.45, 2.75) is 44.1 Å². The van der Waals surface area contributed by atoms with E-state index in [0.717, 1.165) is 30.2 Å². The standard InChI is InChI=1S/C21H31N3O3S/c1-2-27-21(26)18-7-6-12-24(16-18)20(25)17-8-9-19(22-15-17)28-14-13-23-10-4-3-5-11-23/h8-9,15,18H,2-7,10-14,16H2,1H3/t18-/m1/s1. The van der Waals surface area contributed by atoms with Crippen LogP contribution in [0.1, 0.15) is 49.4 Å². The molecular formula is C21H31N3O3S. The molecule has 1 aromatic rings. The van der Waals surface area contributed by atoms with E-state index in [1.165, 1.54) is 32.4 Å². The first-order valence-corrected chi connectivity index (χ1v) is 11.4. The third-order valence-corrected chi connectivity index (χ3v) is 6.34. The van der Waals surface area contributed by atoms with E-state index in [-0.39, 0.29) is 17.8 Å². The molecule has 154 valence electrons. The number of rotatable bonds is 7. The number of ether oxygens (including phenoxy) is 1. The smallest absolute Gasteiger partial charge is 0.310 e. The summed E-state index contributed by atoms with van der Waals surface area (Å²) in [6.45, 7) is 6.82. The van der Waals surface area contributed by atoms with Gasteiger partial charge in [-0.3, -0.25) is 9.59 Å². The maximum atomic E-state index is 12.8. The number of esters is 1. The van der Waals surface area contributed by atoms with Crippen LogP contribution in [0.4, 0.5) is 0 Å². The Bertz CT molecular complexity index is 647. The van der Waals surface area contributed by atoms with Crippen LogP contribution in [0.2, 0.25) is 0 Å². The second kappa shape index (κ2) is 10.8. The van der Waals surface area contributed by atoms with Gasteiger partial charge in [-0.05, 0) is 57.8 Å². The minimum absolute atomic E-state index is 0.0497. The van der Waals surface area contributed by atoms with Crippen molar-refractivity contribution in [2.75, 3.05) is 45.1 Å². The highest BCUT2D eigenvalue weighted by atomic mass is 32.2. The van der Waals surface area contributed by atoms with Crippen molar-refractivity contribution in [3.63, 3.8) is 0 Å². The number of piperidine rings is 2. The number of amides is 1. The summed E-state index contributed by atoms with van der Waals surface area (Å²) in [5, 5.41) is 0.955. The molecule has 2 fully saturated rings. The van der Waals surface area contributed by atoms with Gasteiger partial charge in [0.25, 0.3) is 5.91 Å². The number of aromatic nitrogens is 1. The summed E-state index contributed by atoms with van der Waals surface area (Å²) in [4.78, 5) is 33.5. The fraction of sp³-hybridized carbons (Fsp3) is 0.667. The lowest BCUT2D eigenvalue weighted by molar-refractivity contribution is -0.149. The fourth-order valence-corrected chi connectivity index (χ4v) is 4.70. The van der Waals surface area contributed by atoms with Gasteiger partial charge in [0, 0.05) is 31.6 Å². The number of hydrogen-bond donors (Lipinski definition) is 0. The van der Waals surface area contributed by atoms with Crippen LogP contribution in [0.3, 0.4) is 0 Å². The summed E-state index contributed by atoms with van der Waals surface area (Å²) < 4.78 is 5.12. The Hall–Kier alpha value is -1.60. The van der Waals surface area contributed by atoms with Gasteiger partial charge in [-0.1, -0.05) is 6.42 Å². The van der Waals surface area contributed by atoms with Gasteiger partial charge in [-0.2, -0.15) is 0 Å². The van der Waals surface area contributed by atoms with Gasteiger partial charge in [0.1, 0.15) is 0 Å². The average Bonchev–Trinajstić information content (AvgIpc) is 2.75. The Labute approximate surface area is 172 Å². The monoisotopic (exact) mass is 405 g/mol. The van der Waals surface area contributed by atoms with Crippen molar-refractivity contribution < 1.29 is 14.3 Å². The van der Waals surface area contributed by atoms with Crippen LogP contribution in [0, 0.1) is 5.92 Å². The summed E-state index contributed by atoms with van der Waals surface area (Å²) in [5.41, 5.74) is 0.588. The molecule has 1 aromatic heterocycles. The van der Waals surface area contributed by atoms with Crippen LogP contribution in [0.15, 0.2) is 23.4 Å². The molecule has 0 aliphatic carbocycles. The highest BCUT2D eigenvalue weighted by molar-refractivity contribution is 7.99. The van der Waals surface area contributed by atoms with E-state index in [9.17, 15) is 9.59 Å². The van der Waals surface area contributed by atoms with Crippen molar-refractivity contribution in [1.82, 2.24) is 14.8 Å². The van der Waals surface area contributed by atoms with Crippen LogP contribution in [0.5, 0.6) is 0 Å². The Kier molecular flexibility index (Phi) is 8.15. The molecule has 28 heavy (non-hydrogen) atoms. The van der Waals surface area contributed by atoms with Gasteiger partial charge in [0.15, 0.2) is 0 Å². The topological polar surface area (TPSA) is 62.7 Å². The van der Waals surface area contributed by atoms with E-state index in [0.29, 0.717) is 25.3 Å². The lowest BCUT2D eigenvalue weighted by Gasteiger charge is -2.31. The Morgan fingerprint density at radius 3 is 2.71 bits per heavy atom. The fourth-order valence-electron chi connectivity index (χ4n) is 3.85. The minimum Gasteiger partial charge on any atom is -0.466 e. The minimum atomic E-state index is -0.213. The summed E-state index contributed by atoms with van der Waals surface area (Å²) in [6, 6.07) is 3.79. The van der Waals surface area contributed by atoms with Gasteiger partial charge in [-0.25, -0.2) is 4.98 Å². The molecule has 2 aliphatic heterocycles. The molecule has 0 bridgehead atoms. The van der Waals surface area contributed by atoms with E-state index in [1.807, 2.05) is 12.1 Å². The first kappa shape index (κ1) is 21.1. The van der Waals surface area contributed by atoms with E-state index < -0.39 is 0 Å². The Morgan fingerprint density at radius 1 is 1.18 bits per heavy atom. The maximum absolute atomic E-state index is 12.8. The Morgan fingerprint density at radius 2 is 2.00 bits per heavy atom. The molecule has 1 amide bonds. The van der Waals surface area contributed by atoms with Gasteiger partial charge in [0.2, 0.25) is 0 Å². The number of hydrogen-bond acceptors (Lipinski definition) is 6. The number of carbonyl (C=O) groups excluding carboxylic acids is 2. The van der Waals surface area contributed by atoms with Crippen molar-refractivity contribution in [3.05, 3.63) is 23.9 Å². The van der Waals surface area contributed by atoms with Crippen molar-refractivity contribution in [3.8, 4) is 0 Å². The van der Waals surface area contributed by atoms with Gasteiger partial charge in [-0.15, -0.1) is 11.8 Å². The van der Waals surface area contributed by atoms with Crippen molar-refractivity contribution >= 4 is 23.6 Å². The SMILES string of the molecule is CCOC(=O)[C@@H]1CCCN(C(=O)c2ccc(SCCN3CCCCC3)nc2)C1. The van der Waals surface area contributed by atoms with Crippen molar-refractivity contribution in [2.24, 2.45) is 5.92 Å². The number of pyridine rings is 1. The van der Waals surface area contributed by atoms with Gasteiger partial charge >= 0.3 is 5.97 Å². The molecule has 0 radical (unpaired) electrons. The molecule has 0 unspecified atom stereocenters. The molecule has 6 nitrogen and oxygen atoms in total. The Balaban J connectivity index is 1.48.